The number of hydrogen-bond donors (Lipinski definition) is 2. The van der Waals surface area contributed by atoms with E-state index in [1.165, 1.54) is 0 Å². The van der Waals surface area contributed by atoms with Crippen LogP contribution < -0.4 is 5.32 Å². The number of hydrogen-bond acceptors (Lipinski definition) is 5. The molecule has 2 aliphatic rings. The van der Waals surface area contributed by atoms with Gasteiger partial charge < -0.3 is 19.8 Å². The van der Waals surface area contributed by atoms with Crippen molar-refractivity contribution in [1.82, 2.24) is 29.4 Å². The molecule has 0 spiro atoms. The van der Waals surface area contributed by atoms with Crippen LogP contribution in [0, 0.1) is 12.3 Å². The molecule has 36 heavy (non-hydrogen) atoms. The van der Waals surface area contributed by atoms with Gasteiger partial charge in [-0.05, 0) is 50.3 Å². The molecule has 10 heteroatoms. The summed E-state index contributed by atoms with van der Waals surface area (Å²) in [5, 5.41) is 4.22. The fraction of sp³-hybridized carbons (Fsp3) is 0.462. The summed E-state index contributed by atoms with van der Waals surface area (Å²) in [4.78, 5) is 31.6. The predicted molar refractivity (Wildman–Crippen MR) is 134 cm³/mol. The monoisotopic (exact) mass is 493 g/mol. The number of H-pyrrole nitrogens is 1. The van der Waals surface area contributed by atoms with Crippen LogP contribution in [0.3, 0.4) is 0 Å². The predicted octanol–water partition coefficient (Wildman–Crippen LogP) is 4.75. The molecule has 1 aliphatic carbocycles. The van der Waals surface area contributed by atoms with E-state index in [0.29, 0.717) is 28.5 Å². The van der Waals surface area contributed by atoms with Crippen LogP contribution in [0.15, 0.2) is 30.6 Å². The molecule has 1 aromatic carbocycles. The summed E-state index contributed by atoms with van der Waals surface area (Å²) in [5.74, 6) is 1.36. The molecular weight excluding hydrogens is 464 g/mol. The Bertz CT molecular complexity index is 1450. The number of rotatable bonds is 6. The van der Waals surface area contributed by atoms with Gasteiger partial charge in [-0.1, -0.05) is 13.0 Å². The largest absolute Gasteiger partial charge is 0.351 e. The molecule has 2 fully saturated rings. The summed E-state index contributed by atoms with van der Waals surface area (Å²) in [7, 11) is 0. The zero-order chi connectivity index (χ0) is 25.0. The number of benzene rings is 1. The summed E-state index contributed by atoms with van der Waals surface area (Å²) in [6.45, 7) is 5.16. The number of anilines is 1. The number of nitrogens with one attached hydrogen (secondary N) is 2. The molecule has 3 aromatic heterocycles. The second kappa shape index (κ2) is 8.53. The van der Waals surface area contributed by atoms with Gasteiger partial charge in [-0.15, -0.1) is 0 Å². The van der Waals surface area contributed by atoms with Gasteiger partial charge in [0.15, 0.2) is 0 Å². The van der Waals surface area contributed by atoms with E-state index in [4.69, 9.17) is 0 Å². The van der Waals surface area contributed by atoms with Gasteiger partial charge in [0.05, 0.1) is 23.0 Å². The summed E-state index contributed by atoms with van der Waals surface area (Å²) >= 11 is 0. The number of aromatic nitrogens is 5. The minimum atomic E-state index is -2.45. The van der Waals surface area contributed by atoms with Gasteiger partial charge in [0.1, 0.15) is 11.5 Å². The van der Waals surface area contributed by atoms with Gasteiger partial charge in [-0.25, -0.2) is 18.7 Å². The van der Waals surface area contributed by atoms with Crippen LogP contribution in [-0.4, -0.2) is 60.9 Å². The topological polar surface area (TPSA) is 91.7 Å². The molecule has 1 saturated carbocycles. The van der Waals surface area contributed by atoms with Crippen molar-refractivity contribution >= 4 is 33.9 Å². The maximum absolute atomic E-state index is 13.1. The lowest BCUT2D eigenvalue weighted by Gasteiger charge is -2.45. The zero-order valence-corrected chi connectivity index (χ0v) is 20.4. The van der Waals surface area contributed by atoms with Crippen LogP contribution in [0.1, 0.15) is 38.4 Å². The first-order chi connectivity index (χ1) is 17.3. The fourth-order valence-electron chi connectivity index (χ4n) is 5.78. The first kappa shape index (κ1) is 22.9. The Labute approximate surface area is 207 Å². The van der Waals surface area contributed by atoms with Crippen molar-refractivity contribution in [3.05, 3.63) is 36.4 Å². The van der Waals surface area contributed by atoms with Crippen LogP contribution in [0.25, 0.3) is 33.2 Å². The lowest BCUT2D eigenvalue weighted by atomic mass is 9.66. The Morgan fingerprint density at radius 2 is 2.03 bits per heavy atom. The molecule has 4 heterocycles. The fourth-order valence-corrected chi connectivity index (χ4v) is 5.78. The van der Waals surface area contributed by atoms with Gasteiger partial charge >= 0.3 is 0 Å². The van der Waals surface area contributed by atoms with Crippen molar-refractivity contribution in [1.29, 1.82) is 0 Å². The molecule has 6 rings (SSSR count). The number of aryl methyl sites for hydroxylation is 1. The molecule has 0 unspecified atom stereocenters. The summed E-state index contributed by atoms with van der Waals surface area (Å²) in [6.07, 6.45) is 4.92. The first-order valence-corrected chi connectivity index (χ1v) is 12.5. The van der Waals surface area contributed by atoms with E-state index in [0.717, 1.165) is 55.3 Å². The molecule has 188 valence electrons. The highest BCUT2D eigenvalue weighted by Crippen LogP contribution is 2.44. The minimum absolute atomic E-state index is 0.161. The van der Waals surface area contributed by atoms with Crippen LogP contribution >= 0.6 is 0 Å². The molecule has 1 amide bonds. The lowest BCUT2D eigenvalue weighted by Crippen LogP contribution is -2.53. The number of amides is 1. The number of aromatic amines is 1. The van der Waals surface area contributed by atoms with Gasteiger partial charge in [-0.2, -0.15) is 4.98 Å². The molecule has 2 N–H and O–H groups in total. The van der Waals surface area contributed by atoms with Crippen molar-refractivity contribution in [3.8, 4) is 11.1 Å². The van der Waals surface area contributed by atoms with E-state index in [1.807, 2.05) is 29.3 Å². The molecule has 4 aromatic rings. The van der Waals surface area contributed by atoms with E-state index in [1.54, 1.807) is 17.7 Å². The molecule has 0 atom stereocenters. The highest BCUT2D eigenvalue weighted by Gasteiger charge is 2.48. The van der Waals surface area contributed by atoms with Gasteiger partial charge in [0, 0.05) is 42.5 Å². The standard InChI is InChI=1S/C26H29F2N7O/c1-15-31-20-6-5-16(9-21(20)35(15)14-22(27)28)18-12-29-23-19(18)13-30-25(33-23)32-17-10-26(2,11-17)24(36)34-7-3-4-8-34/h5-6,9,12-13,17,22H,3-4,7-8,10-11,14H2,1-2H3,(H2,29,30,32,33)/t17-,26+. The Hall–Kier alpha value is -3.56. The third kappa shape index (κ3) is 3.88. The van der Waals surface area contributed by atoms with E-state index in [9.17, 15) is 13.6 Å². The normalized spacial score (nSPS) is 22.0. The average Bonchev–Trinajstić information content (AvgIpc) is 3.56. The number of likely N-dealkylation sites (tertiary alicyclic amines) is 1. The highest BCUT2D eigenvalue weighted by atomic mass is 19.3. The van der Waals surface area contributed by atoms with Crippen LogP contribution in [0.5, 0.6) is 0 Å². The van der Waals surface area contributed by atoms with Crippen LogP contribution in [0.4, 0.5) is 14.7 Å². The number of halogens is 2. The second-order valence-corrected chi connectivity index (χ2v) is 10.3. The van der Waals surface area contributed by atoms with E-state index >= 15 is 0 Å². The summed E-state index contributed by atoms with van der Waals surface area (Å²) in [5.41, 5.74) is 3.53. The van der Waals surface area contributed by atoms with Crippen molar-refractivity contribution in [3.63, 3.8) is 0 Å². The first-order valence-electron chi connectivity index (χ1n) is 12.5. The smallest absolute Gasteiger partial charge is 0.256 e. The molecule has 1 aliphatic heterocycles. The average molecular weight is 494 g/mol. The zero-order valence-electron chi connectivity index (χ0n) is 20.4. The van der Waals surface area contributed by atoms with Crippen molar-refractivity contribution in [2.45, 2.75) is 58.5 Å². The van der Waals surface area contributed by atoms with Gasteiger partial charge in [0.2, 0.25) is 11.9 Å². The van der Waals surface area contributed by atoms with E-state index < -0.39 is 6.43 Å². The number of carbonyl (C=O) groups is 1. The number of nitrogens with zero attached hydrogens (tertiary/aromatic N) is 5. The van der Waals surface area contributed by atoms with Crippen molar-refractivity contribution < 1.29 is 13.6 Å². The third-order valence-corrected chi connectivity index (χ3v) is 7.64. The molecule has 0 bridgehead atoms. The maximum Gasteiger partial charge on any atom is 0.256 e. The van der Waals surface area contributed by atoms with Gasteiger partial charge in [-0.3, -0.25) is 4.79 Å². The maximum atomic E-state index is 13.1. The number of fused-ring (bicyclic) bond motifs is 2. The number of carbonyl (C=O) groups excluding carboxylic acids is 1. The Kier molecular flexibility index (Phi) is 5.42. The number of imidazole rings is 1. The van der Waals surface area contributed by atoms with Crippen LogP contribution in [-0.2, 0) is 11.3 Å². The molecule has 0 radical (unpaired) electrons. The third-order valence-electron chi connectivity index (χ3n) is 7.64. The van der Waals surface area contributed by atoms with Crippen molar-refractivity contribution in [2.75, 3.05) is 18.4 Å². The lowest BCUT2D eigenvalue weighted by molar-refractivity contribution is -0.145. The van der Waals surface area contributed by atoms with Crippen LogP contribution in [0.2, 0.25) is 0 Å². The minimum Gasteiger partial charge on any atom is -0.351 e. The molecule has 1 saturated heterocycles. The van der Waals surface area contributed by atoms with E-state index in [2.05, 4.69) is 32.2 Å². The molecular formula is C26H29F2N7O. The second-order valence-electron chi connectivity index (χ2n) is 10.3. The highest BCUT2D eigenvalue weighted by molar-refractivity contribution is 5.95. The Morgan fingerprint density at radius 3 is 2.78 bits per heavy atom. The Morgan fingerprint density at radius 1 is 1.25 bits per heavy atom. The summed E-state index contributed by atoms with van der Waals surface area (Å²) in [6, 6.07) is 5.84. The van der Waals surface area contributed by atoms with E-state index in [-0.39, 0.29) is 23.9 Å². The van der Waals surface area contributed by atoms with Gasteiger partial charge in [0.25, 0.3) is 6.43 Å². The molecule has 8 nitrogen and oxygen atoms in total. The SMILES string of the molecule is Cc1nc2ccc(-c3c[nH]c4nc(N[C@H]5C[C@@](C)(C(=O)N6CCCC6)C5)ncc34)cc2n1CC(F)F. The Balaban J connectivity index is 1.20. The quantitative estimate of drug-likeness (QED) is 0.404. The van der Waals surface area contributed by atoms with Crippen molar-refractivity contribution in [2.24, 2.45) is 5.41 Å². The summed E-state index contributed by atoms with van der Waals surface area (Å²) < 4.78 is 27.8. The number of alkyl halides is 2.